The van der Waals surface area contributed by atoms with Crippen molar-refractivity contribution < 1.29 is 24.2 Å². The minimum atomic E-state index is -1.06. The zero-order chi connectivity index (χ0) is 15.0. The van der Waals surface area contributed by atoms with Crippen LogP contribution in [0.3, 0.4) is 0 Å². The van der Waals surface area contributed by atoms with Gasteiger partial charge in [0.2, 0.25) is 0 Å². The molecule has 0 aliphatic rings. The minimum Gasteiger partial charge on any atom is -0.497 e. The molecule has 3 N–H and O–H groups in total. The Labute approximate surface area is 120 Å². The SMILES string of the molecule is COc1ccc(Cl)c(NC(=O)NCCOCC(=O)O)c1. The Kier molecular flexibility index (Phi) is 6.61. The van der Waals surface area contributed by atoms with E-state index in [1.807, 2.05) is 0 Å². The number of rotatable bonds is 7. The predicted molar refractivity (Wildman–Crippen MR) is 73.5 cm³/mol. The Morgan fingerprint density at radius 2 is 2.15 bits per heavy atom. The summed E-state index contributed by atoms with van der Waals surface area (Å²) in [5, 5.41) is 13.8. The van der Waals surface area contributed by atoms with Crippen molar-refractivity contribution in [3.8, 4) is 5.75 Å². The first kappa shape index (κ1) is 16.1. The number of benzene rings is 1. The van der Waals surface area contributed by atoms with Crippen molar-refractivity contribution in [2.75, 3.05) is 32.2 Å². The highest BCUT2D eigenvalue weighted by atomic mass is 35.5. The van der Waals surface area contributed by atoms with Gasteiger partial charge < -0.3 is 25.2 Å². The summed E-state index contributed by atoms with van der Waals surface area (Å²) in [5.41, 5.74) is 0.412. The van der Waals surface area contributed by atoms with E-state index in [9.17, 15) is 9.59 Å². The minimum absolute atomic E-state index is 0.103. The molecule has 110 valence electrons. The van der Waals surface area contributed by atoms with E-state index in [4.69, 9.17) is 26.2 Å². The van der Waals surface area contributed by atoms with E-state index in [1.54, 1.807) is 18.2 Å². The summed E-state index contributed by atoms with van der Waals surface area (Å²) >= 11 is 5.93. The van der Waals surface area contributed by atoms with Crippen molar-refractivity contribution in [2.24, 2.45) is 0 Å². The lowest BCUT2D eigenvalue weighted by atomic mass is 10.3. The van der Waals surface area contributed by atoms with Gasteiger partial charge in [-0.1, -0.05) is 11.6 Å². The number of halogens is 1. The Bertz CT molecular complexity index is 481. The van der Waals surface area contributed by atoms with Crippen molar-refractivity contribution in [1.82, 2.24) is 5.32 Å². The van der Waals surface area contributed by atoms with E-state index in [0.717, 1.165) is 0 Å². The van der Waals surface area contributed by atoms with Crippen LogP contribution in [0.5, 0.6) is 5.75 Å². The number of carbonyl (C=O) groups excluding carboxylic acids is 1. The first-order chi connectivity index (χ1) is 9.52. The summed E-state index contributed by atoms with van der Waals surface area (Å²) in [7, 11) is 1.51. The zero-order valence-corrected chi connectivity index (χ0v) is 11.6. The number of carbonyl (C=O) groups is 2. The molecule has 0 saturated heterocycles. The van der Waals surface area contributed by atoms with Crippen LogP contribution in [0, 0.1) is 0 Å². The Morgan fingerprint density at radius 1 is 1.40 bits per heavy atom. The van der Waals surface area contributed by atoms with Gasteiger partial charge in [0, 0.05) is 12.6 Å². The molecular formula is C12H15ClN2O5. The Balaban J connectivity index is 2.37. The quantitative estimate of drug-likeness (QED) is 0.664. The van der Waals surface area contributed by atoms with E-state index >= 15 is 0 Å². The standard InChI is InChI=1S/C12H15ClN2O5/c1-19-8-2-3-9(13)10(6-8)15-12(18)14-4-5-20-7-11(16)17/h2-3,6H,4-5,7H2,1H3,(H,16,17)(H2,14,15,18). The molecule has 0 aliphatic heterocycles. The van der Waals surface area contributed by atoms with Crippen LogP contribution in [0.15, 0.2) is 18.2 Å². The molecule has 0 heterocycles. The normalized spacial score (nSPS) is 9.90. The zero-order valence-electron chi connectivity index (χ0n) is 10.8. The maximum atomic E-state index is 11.6. The second-order valence-corrected chi connectivity index (χ2v) is 4.08. The molecule has 0 aliphatic carbocycles. The number of urea groups is 1. The van der Waals surface area contributed by atoms with Gasteiger partial charge in [-0.2, -0.15) is 0 Å². The number of carboxylic acid groups (broad SMARTS) is 1. The number of anilines is 1. The summed E-state index contributed by atoms with van der Waals surface area (Å²) in [4.78, 5) is 21.8. The number of amides is 2. The fourth-order valence-electron chi connectivity index (χ4n) is 1.29. The lowest BCUT2D eigenvalue weighted by Crippen LogP contribution is -2.32. The summed E-state index contributed by atoms with van der Waals surface area (Å²) in [5.74, 6) is -0.493. The van der Waals surface area contributed by atoms with Crippen LogP contribution in [-0.2, 0) is 9.53 Å². The number of nitrogens with one attached hydrogen (secondary N) is 2. The smallest absolute Gasteiger partial charge is 0.329 e. The van der Waals surface area contributed by atoms with Crippen molar-refractivity contribution in [3.05, 3.63) is 23.2 Å². The van der Waals surface area contributed by atoms with Crippen molar-refractivity contribution in [1.29, 1.82) is 0 Å². The van der Waals surface area contributed by atoms with Gasteiger partial charge in [-0.05, 0) is 12.1 Å². The van der Waals surface area contributed by atoms with Gasteiger partial charge in [0.15, 0.2) is 0 Å². The van der Waals surface area contributed by atoms with Gasteiger partial charge >= 0.3 is 12.0 Å². The molecule has 0 atom stereocenters. The molecule has 0 radical (unpaired) electrons. The van der Waals surface area contributed by atoms with E-state index < -0.39 is 18.6 Å². The number of ether oxygens (including phenoxy) is 2. The number of hydrogen-bond donors (Lipinski definition) is 3. The lowest BCUT2D eigenvalue weighted by molar-refractivity contribution is -0.142. The van der Waals surface area contributed by atoms with Crippen LogP contribution in [0.25, 0.3) is 0 Å². The summed E-state index contributed by atoms with van der Waals surface area (Å²) in [6.07, 6.45) is 0. The molecule has 0 fully saturated rings. The molecule has 1 aromatic carbocycles. The van der Waals surface area contributed by atoms with Crippen LogP contribution >= 0.6 is 11.6 Å². The van der Waals surface area contributed by atoms with Crippen LogP contribution in [0.2, 0.25) is 5.02 Å². The molecule has 8 heteroatoms. The average molecular weight is 303 g/mol. The van der Waals surface area contributed by atoms with Crippen molar-refractivity contribution in [2.45, 2.75) is 0 Å². The van der Waals surface area contributed by atoms with Gasteiger partial charge in [0.1, 0.15) is 12.4 Å². The van der Waals surface area contributed by atoms with Crippen molar-refractivity contribution >= 4 is 29.3 Å². The second kappa shape index (κ2) is 8.23. The molecule has 20 heavy (non-hydrogen) atoms. The monoisotopic (exact) mass is 302 g/mol. The van der Waals surface area contributed by atoms with Gasteiger partial charge in [-0.25, -0.2) is 9.59 Å². The van der Waals surface area contributed by atoms with Gasteiger partial charge in [-0.3, -0.25) is 0 Å². The number of carboxylic acids is 1. The fourth-order valence-corrected chi connectivity index (χ4v) is 1.45. The maximum absolute atomic E-state index is 11.6. The van der Waals surface area contributed by atoms with Crippen LogP contribution in [-0.4, -0.2) is 44.0 Å². The second-order valence-electron chi connectivity index (χ2n) is 3.67. The molecular weight excluding hydrogens is 288 g/mol. The average Bonchev–Trinajstić information content (AvgIpc) is 2.40. The summed E-state index contributed by atoms with van der Waals surface area (Å²) < 4.78 is 9.79. The number of methoxy groups -OCH3 is 1. The predicted octanol–water partition coefficient (Wildman–Crippen LogP) is 1.57. The topological polar surface area (TPSA) is 96.9 Å². The fraction of sp³-hybridized carbons (Fsp3) is 0.333. The highest BCUT2D eigenvalue weighted by Gasteiger charge is 2.06. The summed E-state index contributed by atoms with van der Waals surface area (Å²) in [6, 6.07) is 4.39. The molecule has 1 aromatic rings. The first-order valence-corrected chi connectivity index (χ1v) is 6.08. The third-order valence-electron chi connectivity index (χ3n) is 2.18. The molecule has 0 unspecified atom stereocenters. The maximum Gasteiger partial charge on any atom is 0.329 e. The van der Waals surface area contributed by atoms with Crippen LogP contribution < -0.4 is 15.4 Å². The largest absolute Gasteiger partial charge is 0.497 e. The lowest BCUT2D eigenvalue weighted by Gasteiger charge is -2.10. The van der Waals surface area contributed by atoms with Crippen LogP contribution in [0.1, 0.15) is 0 Å². The van der Waals surface area contributed by atoms with Crippen LogP contribution in [0.4, 0.5) is 10.5 Å². The number of hydrogen-bond acceptors (Lipinski definition) is 4. The van der Waals surface area contributed by atoms with E-state index in [-0.39, 0.29) is 13.2 Å². The number of aliphatic carboxylic acids is 1. The third-order valence-corrected chi connectivity index (χ3v) is 2.51. The van der Waals surface area contributed by atoms with Crippen molar-refractivity contribution in [3.63, 3.8) is 0 Å². The highest BCUT2D eigenvalue weighted by Crippen LogP contribution is 2.26. The van der Waals surface area contributed by atoms with Gasteiger partial charge in [0.05, 0.1) is 24.4 Å². The molecule has 1 rings (SSSR count). The molecule has 0 aromatic heterocycles. The molecule has 0 bridgehead atoms. The van der Waals surface area contributed by atoms with Gasteiger partial charge in [-0.15, -0.1) is 0 Å². The van der Waals surface area contributed by atoms with E-state index in [0.29, 0.717) is 16.5 Å². The molecule has 2 amide bonds. The Hall–Kier alpha value is -1.99. The van der Waals surface area contributed by atoms with Gasteiger partial charge in [0.25, 0.3) is 0 Å². The third kappa shape index (κ3) is 5.77. The molecule has 7 nitrogen and oxygen atoms in total. The Morgan fingerprint density at radius 3 is 2.80 bits per heavy atom. The first-order valence-electron chi connectivity index (χ1n) is 5.71. The van der Waals surface area contributed by atoms with E-state index in [2.05, 4.69) is 10.6 Å². The molecule has 0 saturated carbocycles. The summed E-state index contributed by atoms with van der Waals surface area (Å²) in [6.45, 7) is -0.114. The van der Waals surface area contributed by atoms with E-state index in [1.165, 1.54) is 7.11 Å². The molecule has 0 spiro atoms. The highest BCUT2D eigenvalue weighted by molar-refractivity contribution is 6.33.